The molecule has 128 valence electrons. The molecule has 5 heteroatoms. The van der Waals surface area contributed by atoms with Gasteiger partial charge < -0.3 is 9.47 Å². The zero-order chi connectivity index (χ0) is 17.1. The van der Waals surface area contributed by atoms with E-state index in [2.05, 4.69) is 36.0 Å². The van der Waals surface area contributed by atoms with Gasteiger partial charge in [-0.05, 0) is 30.4 Å². The fourth-order valence-corrected chi connectivity index (χ4v) is 4.48. The highest BCUT2D eigenvalue weighted by molar-refractivity contribution is 7.99. The summed E-state index contributed by atoms with van der Waals surface area (Å²) in [6.07, 6.45) is 3.08. The van der Waals surface area contributed by atoms with E-state index in [1.165, 1.54) is 18.2 Å². The second-order valence-electron chi connectivity index (χ2n) is 6.82. The molecule has 1 aromatic heterocycles. The molecule has 0 spiro atoms. The highest BCUT2D eigenvalue weighted by Crippen LogP contribution is 2.26. The summed E-state index contributed by atoms with van der Waals surface area (Å²) in [6.45, 7) is 10.8. The van der Waals surface area contributed by atoms with Crippen LogP contribution in [0.4, 0.5) is 0 Å². The van der Waals surface area contributed by atoms with Crippen LogP contribution >= 0.6 is 11.8 Å². The van der Waals surface area contributed by atoms with Crippen LogP contribution in [0.25, 0.3) is 11.0 Å². The minimum absolute atomic E-state index is 0.218. The van der Waals surface area contributed by atoms with E-state index in [-0.39, 0.29) is 5.91 Å². The molecule has 4 nitrogen and oxygen atoms in total. The van der Waals surface area contributed by atoms with Crippen molar-refractivity contribution in [1.29, 1.82) is 0 Å². The van der Waals surface area contributed by atoms with Crippen LogP contribution in [0, 0.1) is 11.8 Å². The number of piperidine rings is 1. The van der Waals surface area contributed by atoms with Crippen molar-refractivity contribution in [1.82, 2.24) is 14.5 Å². The number of carbonyl (C=O) groups is 1. The van der Waals surface area contributed by atoms with E-state index >= 15 is 0 Å². The predicted molar refractivity (Wildman–Crippen MR) is 100 cm³/mol. The highest BCUT2D eigenvalue weighted by atomic mass is 32.2. The van der Waals surface area contributed by atoms with Crippen molar-refractivity contribution >= 4 is 28.7 Å². The Morgan fingerprint density at radius 3 is 2.75 bits per heavy atom. The Balaban J connectivity index is 1.72. The number of aromatic nitrogens is 2. The van der Waals surface area contributed by atoms with Crippen molar-refractivity contribution in [3.63, 3.8) is 0 Å². The number of fused-ring (bicyclic) bond motifs is 1. The third kappa shape index (κ3) is 3.66. The number of para-hydroxylation sites is 2. The Hall–Kier alpha value is -1.75. The van der Waals surface area contributed by atoms with Crippen molar-refractivity contribution in [3.8, 4) is 0 Å². The lowest BCUT2D eigenvalue weighted by Gasteiger charge is -2.35. The van der Waals surface area contributed by atoms with Gasteiger partial charge in [0.15, 0.2) is 5.16 Å². The Kier molecular flexibility index (Phi) is 5.29. The maximum Gasteiger partial charge on any atom is 0.233 e. The molecule has 1 aliphatic heterocycles. The second kappa shape index (κ2) is 7.43. The van der Waals surface area contributed by atoms with Gasteiger partial charge in [-0.1, -0.05) is 43.8 Å². The molecule has 1 fully saturated rings. The topological polar surface area (TPSA) is 38.1 Å². The zero-order valence-corrected chi connectivity index (χ0v) is 15.3. The summed E-state index contributed by atoms with van der Waals surface area (Å²) in [7, 11) is 0. The van der Waals surface area contributed by atoms with Crippen LogP contribution in [-0.4, -0.2) is 39.2 Å². The van der Waals surface area contributed by atoms with Gasteiger partial charge in [-0.15, -0.1) is 6.58 Å². The van der Waals surface area contributed by atoms with E-state index in [1.54, 1.807) is 0 Å². The van der Waals surface area contributed by atoms with Gasteiger partial charge in [-0.2, -0.15) is 0 Å². The largest absolute Gasteiger partial charge is 0.341 e. The van der Waals surface area contributed by atoms with Gasteiger partial charge in [-0.25, -0.2) is 4.98 Å². The summed E-state index contributed by atoms with van der Waals surface area (Å²) in [5, 5.41) is 0.891. The first-order chi connectivity index (χ1) is 11.6. The van der Waals surface area contributed by atoms with Gasteiger partial charge in [0.1, 0.15) is 0 Å². The number of thioether (sulfide) groups is 1. The molecule has 2 unspecified atom stereocenters. The summed E-state index contributed by atoms with van der Waals surface area (Å²) in [4.78, 5) is 19.3. The molecule has 0 bridgehead atoms. The molecule has 3 rings (SSSR count). The number of carbonyl (C=O) groups excluding carboxylic acids is 1. The number of hydrogen-bond donors (Lipinski definition) is 0. The molecule has 0 aliphatic carbocycles. The lowest BCUT2D eigenvalue weighted by atomic mass is 9.92. The number of likely N-dealkylation sites (tertiary alicyclic amines) is 1. The summed E-state index contributed by atoms with van der Waals surface area (Å²) < 4.78 is 2.13. The summed E-state index contributed by atoms with van der Waals surface area (Å²) in [5.74, 6) is 1.84. The highest BCUT2D eigenvalue weighted by Gasteiger charge is 2.25. The van der Waals surface area contributed by atoms with Gasteiger partial charge in [-0.3, -0.25) is 4.79 Å². The van der Waals surface area contributed by atoms with Crippen LogP contribution < -0.4 is 0 Å². The molecule has 1 saturated heterocycles. The van der Waals surface area contributed by atoms with E-state index in [4.69, 9.17) is 0 Å². The molecule has 2 atom stereocenters. The number of imidazole rings is 1. The van der Waals surface area contributed by atoms with Crippen molar-refractivity contribution in [3.05, 3.63) is 36.9 Å². The summed E-state index contributed by atoms with van der Waals surface area (Å²) in [5.41, 5.74) is 2.06. The monoisotopic (exact) mass is 343 g/mol. The minimum Gasteiger partial charge on any atom is -0.341 e. The average molecular weight is 343 g/mol. The second-order valence-corrected chi connectivity index (χ2v) is 7.76. The first-order valence-electron chi connectivity index (χ1n) is 8.55. The van der Waals surface area contributed by atoms with E-state index in [0.29, 0.717) is 24.1 Å². The molecule has 1 amide bonds. The first kappa shape index (κ1) is 17.1. The lowest BCUT2D eigenvalue weighted by molar-refractivity contribution is -0.130. The average Bonchev–Trinajstić information content (AvgIpc) is 2.90. The molecular formula is C19H25N3OS. The van der Waals surface area contributed by atoms with Crippen LogP contribution in [0.2, 0.25) is 0 Å². The minimum atomic E-state index is 0.218. The molecule has 2 heterocycles. The predicted octanol–water partition coefficient (Wildman–Crippen LogP) is 3.82. The van der Waals surface area contributed by atoms with Crippen LogP contribution in [-0.2, 0) is 11.3 Å². The van der Waals surface area contributed by atoms with Gasteiger partial charge in [0.25, 0.3) is 0 Å². The summed E-state index contributed by atoms with van der Waals surface area (Å²) in [6, 6.07) is 8.07. The fourth-order valence-electron chi connectivity index (χ4n) is 3.55. The van der Waals surface area contributed by atoms with Gasteiger partial charge >= 0.3 is 0 Å². The van der Waals surface area contributed by atoms with Crippen molar-refractivity contribution in [2.45, 2.75) is 32.0 Å². The van der Waals surface area contributed by atoms with E-state index in [1.807, 2.05) is 29.2 Å². The zero-order valence-electron chi connectivity index (χ0n) is 14.4. The number of nitrogens with zero attached hydrogens (tertiary/aromatic N) is 3. The SMILES string of the molecule is C=CCn1c(SCC(=O)N2CC(C)CC(C)C2)nc2ccccc21. The Morgan fingerprint density at radius 1 is 1.33 bits per heavy atom. The lowest BCUT2D eigenvalue weighted by Crippen LogP contribution is -2.43. The normalized spacial score (nSPS) is 21.2. The van der Waals surface area contributed by atoms with E-state index in [0.717, 1.165) is 29.3 Å². The number of hydrogen-bond acceptors (Lipinski definition) is 3. The van der Waals surface area contributed by atoms with Crippen molar-refractivity contribution < 1.29 is 4.79 Å². The fraction of sp³-hybridized carbons (Fsp3) is 0.474. The standard InChI is InChI=1S/C19H25N3OS/c1-4-9-22-17-8-6-5-7-16(17)20-19(22)24-13-18(23)21-11-14(2)10-15(3)12-21/h4-8,14-15H,1,9-13H2,2-3H3. The van der Waals surface area contributed by atoms with Crippen LogP contribution in [0.5, 0.6) is 0 Å². The Bertz CT molecular complexity index is 729. The quantitative estimate of drug-likeness (QED) is 0.612. The third-order valence-electron chi connectivity index (χ3n) is 4.48. The summed E-state index contributed by atoms with van der Waals surface area (Å²) >= 11 is 1.53. The Morgan fingerprint density at radius 2 is 2.04 bits per heavy atom. The number of rotatable bonds is 5. The van der Waals surface area contributed by atoms with Crippen LogP contribution in [0.1, 0.15) is 20.3 Å². The van der Waals surface area contributed by atoms with Crippen LogP contribution in [0.15, 0.2) is 42.1 Å². The molecule has 1 aliphatic rings. The third-order valence-corrected chi connectivity index (χ3v) is 5.44. The smallest absolute Gasteiger partial charge is 0.233 e. The Labute approximate surface area is 147 Å². The number of benzene rings is 1. The maximum absolute atomic E-state index is 12.6. The van der Waals surface area contributed by atoms with E-state index < -0.39 is 0 Å². The van der Waals surface area contributed by atoms with Crippen molar-refractivity contribution in [2.75, 3.05) is 18.8 Å². The molecule has 0 saturated carbocycles. The molecule has 2 aromatic rings. The van der Waals surface area contributed by atoms with Gasteiger partial charge in [0.2, 0.25) is 5.91 Å². The molecule has 1 aromatic carbocycles. The first-order valence-corrected chi connectivity index (χ1v) is 9.53. The van der Waals surface area contributed by atoms with Gasteiger partial charge in [0.05, 0.1) is 16.8 Å². The molecule has 24 heavy (non-hydrogen) atoms. The van der Waals surface area contributed by atoms with Crippen LogP contribution in [0.3, 0.4) is 0 Å². The molecular weight excluding hydrogens is 318 g/mol. The van der Waals surface area contributed by atoms with Crippen molar-refractivity contribution in [2.24, 2.45) is 11.8 Å². The maximum atomic E-state index is 12.6. The van der Waals surface area contributed by atoms with E-state index in [9.17, 15) is 4.79 Å². The van der Waals surface area contributed by atoms with Gasteiger partial charge in [0, 0.05) is 19.6 Å². The molecule has 0 radical (unpaired) electrons. The molecule has 0 N–H and O–H groups in total. The number of amides is 1. The number of allylic oxidation sites excluding steroid dienone is 1.